The van der Waals surface area contributed by atoms with E-state index in [1.54, 1.807) is 0 Å². The fourth-order valence-electron chi connectivity index (χ4n) is 4.31. The highest BCUT2D eigenvalue weighted by molar-refractivity contribution is 6.48. The number of nitrogens with one attached hydrogen (secondary N) is 1. The number of halogens is 1. The van der Waals surface area contributed by atoms with Crippen LogP contribution in [-0.4, -0.2) is 48.8 Å². The Morgan fingerprint density at radius 3 is 2.76 bits per heavy atom. The zero-order chi connectivity index (χ0) is 17.0. The number of aliphatic imine (C=N–C) groups is 2. The summed E-state index contributed by atoms with van der Waals surface area (Å²) in [6.07, 6.45) is 5.26. The van der Waals surface area contributed by atoms with E-state index in [4.69, 9.17) is 21.6 Å². The molecule has 0 bridgehead atoms. The Balaban J connectivity index is 1.61. The van der Waals surface area contributed by atoms with Crippen LogP contribution in [0.4, 0.5) is 11.4 Å². The molecule has 0 radical (unpaired) electrons. The summed E-state index contributed by atoms with van der Waals surface area (Å²) in [6.45, 7) is 6.52. The Labute approximate surface area is 153 Å². The fourth-order valence-corrected chi connectivity index (χ4v) is 4.47. The van der Waals surface area contributed by atoms with Crippen LogP contribution >= 0.6 is 11.6 Å². The lowest BCUT2D eigenvalue weighted by Crippen LogP contribution is -2.45. The van der Waals surface area contributed by atoms with Gasteiger partial charge in [-0.15, -0.1) is 0 Å². The normalized spacial score (nSPS) is 30.4. The number of anilines is 1. The van der Waals surface area contributed by atoms with Crippen LogP contribution in [0.3, 0.4) is 0 Å². The Bertz CT molecular complexity index is 787. The maximum atomic E-state index is 6.25. The summed E-state index contributed by atoms with van der Waals surface area (Å²) in [6, 6.07) is 6.16. The van der Waals surface area contributed by atoms with Gasteiger partial charge in [0.1, 0.15) is 0 Å². The molecule has 4 aliphatic rings. The monoisotopic (exact) mass is 355 g/mol. The predicted octanol–water partition coefficient (Wildman–Crippen LogP) is 3.05. The lowest BCUT2D eigenvalue weighted by molar-refractivity contribution is 0.472. The summed E-state index contributed by atoms with van der Waals surface area (Å²) < 4.78 is 0. The summed E-state index contributed by atoms with van der Waals surface area (Å²) in [7, 11) is 0. The minimum absolute atomic E-state index is 0.256. The SMILES string of the molecule is CC1CC=CN2C(=N1)C(N1CC3CNCC3C1)=Nc1ccc(Cl)cc12. The smallest absolute Gasteiger partial charge is 0.176 e. The Hall–Kier alpha value is -1.85. The molecule has 3 unspecified atom stereocenters. The molecule has 2 saturated heterocycles. The number of hydrogen-bond acceptors (Lipinski definition) is 5. The molecule has 0 spiro atoms. The molecule has 1 aromatic carbocycles. The van der Waals surface area contributed by atoms with E-state index in [1.807, 2.05) is 18.2 Å². The van der Waals surface area contributed by atoms with Crippen molar-refractivity contribution in [3.63, 3.8) is 0 Å². The fraction of sp³-hybridized carbons (Fsp3) is 0.474. The molecule has 0 aliphatic carbocycles. The molecule has 6 heteroatoms. The minimum Gasteiger partial charge on any atom is -0.353 e. The third kappa shape index (κ3) is 2.57. The first-order valence-corrected chi connectivity index (χ1v) is 9.45. The van der Waals surface area contributed by atoms with Crippen LogP contribution in [0.5, 0.6) is 0 Å². The lowest BCUT2D eigenvalue weighted by Gasteiger charge is -2.33. The summed E-state index contributed by atoms with van der Waals surface area (Å²) in [4.78, 5) is 14.6. The summed E-state index contributed by atoms with van der Waals surface area (Å²) in [5.74, 6) is 3.43. The van der Waals surface area contributed by atoms with E-state index in [0.717, 1.165) is 72.5 Å². The molecule has 0 saturated carbocycles. The number of hydrogen-bond donors (Lipinski definition) is 1. The van der Waals surface area contributed by atoms with Crippen LogP contribution in [0.2, 0.25) is 5.02 Å². The van der Waals surface area contributed by atoms with Crippen LogP contribution in [0.15, 0.2) is 40.5 Å². The number of benzene rings is 1. The van der Waals surface area contributed by atoms with Crippen molar-refractivity contribution < 1.29 is 0 Å². The average molecular weight is 356 g/mol. The maximum Gasteiger partial charge on any atom is 0.176 e. The Kier molecular flexibility index (Phi) is 3.61. The maximum absolute atomic E-state index is 6.25. The number of nitrogens with zero attached hydrogens (tertiary/aromatic N) is 4. The van der Waals surface area contributed by atoms with Gasteiger partial charge < -0.3 is 10.2 Å². The van der Waals surface area contributed by atoms with Crippen LogP contribution in [-0.2, 0) is 0 Å². The summed E-state index contributed by atoms with van der Waals surface area (Å²) >= 11 is 6.25. The van der Waals surface area contributed by atoms with E-state index in [0.29, 0.717) is 0 Å². The first-order chi connectivity index (χ1) is 12.2. The number of amidine groups is 2. The van der Waals surface area contributed by atoms with Gasteiger partial charge in [-0.05, 0) is 43.4 Å². The number of rotatable bonds is 0. The molecule has 1 aromatic rings. The highest BCUT2D eigenvalue weighted by Gasteiger charge is 2.40. The zero-order valence-corrected chi connectivity index (χ0v) is 15.1. The first kappa shape index (κ1) is 15.4. The van der Waals surface area contributed by atoms with E-state index >= 15 is 0 Å². The zero-order valence-electron chi connectivity index (χ0n) is 14.3. The van der Waals surface area contributed by atoms with Gasteiger partial charge >= 0.3 is 0 Å². The van der Waals surface area contributed by atoms with Gasteiger partial charge in [-0.25, -0.2) is 4.99 Å². The van der Waals surface area contributed by atoms with Crippen LogP contribution in [0, 0.1) is 11.8 Å². The Morgan fingerprint density at radius 2 is 1.96 bits per heavy atom. The van der Waals surface area contributed by atoms with Gasteiger partial charge in [0.15, 0.2) is 11.7 Å². The lowest BCUT2D eigenvalue weighted by atomic mass is 10.0. The van der Waals surface area contributed by atoms with Crippen molar-refractivity contribution in [2.24, 2.45) is 21.8 Å². The van der Waals surface area contributed by atoms with Crippen LogP contribution in [0.1, 0.15) is 13.3 Å². The van der Waals surface area contributed by atoms with Crippen molar-refractivity contribution >= 4 is 34.6 Å². The van der Waals surface area contributed by atoms with Gasteiger partial charge in [-0.2, -0.15) is 0 Å². The molecule has 0 amide bonds. The molecule has 5 nitrogen and oxygen atoms in total. The second kappa shape index (κ2) is 5.85. The van der Waals surface area contributed by atoms with E-state index in [-0.39, 0.29) is 6.04 Å². The third-order valence-electron chi connectivity index (χ3n) is 5.61. The molecular weight excluding hydrogens is 334 g/mol. The molecule has 5 rings (SSSR count). The van der Waals surface area contributed by atoms with Crippen LogP contribution in [0.25, 0.3) is 0 Å². The summed E-state index contributed by atoms with van der Waals surface area (Å²) in [5, 5.41) is 4.24. The van der Waals surface area contributed by atoms with Gasteiger partial charge in [0.05, 0.1) is 17.4 Å². The van der Waals surface area contributed by atoms with Crippen molar-refractivity contribution in [1.29, 1.82) is 0 Å². The second-order valence-corrected chi connectivity index (χ2v) is 7.88. The van der Waals surface area contributed by atoms with Crippen molar-refractivity contribution in [1.82, 2.24) is 10.2 Å². The molecular formula is C19H22ClN5. The van der Waals surface area contributed by atoms with Gasteiger partial charge in [0.25, 0.3) is 0 Å². The van der Waals surface area contributed by atoms with E-state index in [9.17, 15) is 0 Å². The molecule has 0 aromatic heterocycles. The third-order valence-corrected chi connectivity index (χ3v) is 5.85. The summed E-state index contributed by atoms with van der Waals surface area (Å²) in [5.41, 5.74) is 1.98. The molecule has 4 heterocycles. The molecule has 4 aliphatic heterocycles. The van der Waals surface area contributed by atoms with Crippen molar-refractivity contribution in [2.45, 2.75) is 19.4 Å². The van der Waals surface area contributed by atoms with E-state index in [1.165, 1.54) is 0 Å². The number of likely N-dealkylation sites (tertiary alicyclic amines) is 1. The largest absolute Gasteiger partial charge is 0.353 e. The minimum atomic E-state index is 0.256. The van der Waals surface area contributed by atoms with Crippen molar-refractivity contribution in [2.75, 3.05) is 31.1 Å². The van der Waals surface area contributed by atoms with Gasteiger partial charge in [0, 0.05) is 37.4 Å². The van der Waals surface area contributed by atoms with Gasteiger partial charge in [0.2, 0.25) is 0 Å². The predicted molar refractivity (Wildman–Crippen MR) is 103 cm³/mol. The van der Waals surface area contributed by atoms with Crippen molar-refractivity contribution in [3.8, 4) is 0 Å². The standard InChI is InChI=1S/C19H22ClN5/c1-12-3-2-6-25-17-7-15(20)4-5-16(17)23-18(19(25)22-12)24-10-13-8-21-9-14(13)11-24/h2,4-7,12-14,21H,3,8-11H2,1H3. The van der Waals surface area contributed by atoms with Crippen molar-refractivity contribution in [3.05, 3.63) is 35.5 Å². The molecule has 1 N–H and O–H groups in total. The molecule has 25 heavy (non-hydrogen) atoms. The molecule has 130 valence electrons. The highest BCUT2D eigenvalue weighted by atomic mass is 35.5. The van der Waals surface area contributed by atoms with E-state index in [2.05, 4.69) is 34.3 Å². The Morgan fingerprint density at radius 1 is 1.16 bits per heavy atom. The average Bonchev–Trinajstić information content (AvgIpc) is 3.12. The first-order valence-electron chi connectivity index (χ1n) is 9.07. The second-order valence-electron chi connectivity index (χ2n) is 7.44. The number of fused-ring (bicyclic) bond motifs is 4. The molecule has 3 atom stereocenters. The topological polar surface area (TPSA) is 43.2 Å². The van der Waals surface area contributed by atoms with Crippen LogP contribution < -0.4 is 10.2 Å². The van der Waals surface area contributed by atoms with Gasteiger partial charge in [-0.1, -0.05) is 17.7 Å². The quantitative estimate of drug-likeness (QED) is 0.777. The molecule has 2 fully saturated rings. The van der Waals surface area contributed by atoms with E-state index < -0.39 is 0 Å². The van der Waals surface area contributed by atoms with Gasteiger partial charge in [-0.3, -0.25) is 9.89 Å². The highest BCUT2D eigenvalue weighted by Crippen LogP contribution is 2.38.